The van der Waals surface area contributed by atoms with Crippen LogP contribution in [0, 0.1) is 10.1 Å². The molecule has 0 radical (unpaired) electrons. The van der Waals surface area contributed by atoms with Crippen LogP contribution >= 0.6 is 11.8 Å². The number of nitrogens with zero attached hydrogens (tertiary/aromatic N) is 3. The van der Waals surface area contributed by atoms with Crippen LogP contribution in [0.1, 0.15) is 25.8 Å². The Balaban J connectivity index is 1.71. The first kappa shape index (κ1) is 19.6. The Hall–Kier alpha value is -3.20. The quantitative estimate of drug-likeness (QED) is 0.397. The number of ether oxygens (including phenoxy) is 1. The van der Waals surface area contributed by atoms with Crippen molar-refractivity contribution in [2.24, 2.45) is 0 Å². The van der Waals surface area contributed by atoms with Gasteiger partial charge in [0.2, 0.25) is 5.88 Å². The fourth-order valence-corrected chi connectivity index (χ4v) is 3.42. The highest BCUT2D eigenvalue weighted by molar-refractivity contribution is 8.18. The number of carbonyl (C=O) groups is 2. The van der Waals surface area contributed by atoms with Crippen molar-refractivity contribution in [1.82, 2.24) is 9.88 Å². The minimum atomic E-state index is -0.533. The van der Waals surface area contributed by atoms with E-state index in [0.29, 0.717) is 17.1 Å². The first-order valence-electron chi connectivity index (χ1n) is 8.54. The van der Waals surface area contributed by atoms with Crippen LogP contribution in [0.4, 0.5) is 10.5 Å². The maximum absolute atomic E-state index is 12.4. The van der Waals surface area contributed by atoms with Gasteiger partial charge in [0, 0.05) is 18.2 Å². The van der Waals surface area contributed by atoms with Crippen molar-refractivity contribution < 1.29 is 19.2 Å². The van der Waals surface area contributed by atoms with Gasteiger partial charge in [-0.05, 0) is 48.9 Å². The normalized spacial score (nSPS) is 16.5. The Morgan fingerprint density at radius 1 is 1.25 bits per heavy atom. The number of hydrogen-bond donors (Lipinski definition) is 0. The zero-order chi connectivity index (χ0) is 20.3. The average Bonchev–Trinajstić information content (AvgIpc) is 2.96. The lowest BCUT2D eigenvalue weighted by Gasteiger charge is -2.19. The number of thioether (sulfide) groups is 1. The van der Waals surface area contributed by atoms with Crippen LogP contribution in [0.2, 0.25) is 0 Å². The molecule has 0 bridgehead atoms. The Bertz CT molecular complexity index is 941. The van der Waals surface area contributed by atoms with Crippen molar-refractivity contribution in [3.63, 3.8) is 0 Å². The summed E-state index contributed by atoms with van der Waals surface area (Å²) in [6.07, 6.45) is 3.49. The van der Waals surface area contributed by atoms with Gasteiger partial charge in [-0.3, -0.25) is 24.6 Å². The van der Waals surface area contributed by atoms with Gasteiger partial charge in [0.15, 0.2) is 0 Å². The van der Waals surface area contributed by atoms with E-state index in [9.17, 15) is 19.7 Å². The summed E-state index contributed by atoms with van der Waals surface area (Å²) >= 11 is 0.933. The summed E-state index contributed by atoms with van der Waals surface area (Å²) in [7, 11) is 0. The van der Waals surface area contributed by atoms with E-state index in [1.165, 1.54) is 17.0 Å². The molecule has 0 unspecified atom stereocenters. The molecule has 1 aromatic heterocycles. The van der Waals surface area contributed by atoms with Gasteiger partial charge < -0.3 is 4.74 Å². The Kier molecular flexibility index (Phi) is 5.74. The van der Waals surface area contributed by atoms with Crippen molar-refractivity contribution in [2.45, 2.75) is 26.3 Å². The fourth-order valence-electron chi connectivity index (χ4n) is 2.49. The largest absolute Gasteiger partial charge is 0.439 e. The third-order valence-electron chi connectivity index (χ3n) is 4.19. The number of pyridine rings is 1. The molecule has 0 aliphatic carbocycles. The molecule has 9 heteroatoms. The molecule has 28 heavy (non-hydrogen) atoms. The molecule has 0 spiro atoms. The number of rotatable bonds is 6. The van der Waals surface area contributed by atoms with Crippen LogP contribution in [0.25, 0.3) is 6.08 Å². The lowest BCUT2D eigenvalue weighted by Crippen LogP contribution is -2.36. The van der Waals surface area contributed by atoms with Gasteiger partial charge in [-0.25, -0.2) is 4.98 Å². The number of carbonyl (C=O) groups excluding carboxylic acids is 2. The monoisotopic (exact) mass is 399 g/mol. The van der Waals surface area contributed by atoms with Gasteiger partial charge in [-0.15, -0.1) is 0 Å². The number of nitro groups is 1. The molecule has 2 heterocycles. The third kappa shape index (κ3) is 4.20. The maximum Gasteiger partial charge on any atom is 0.293 e. The van der Waals surface area contributed by atoms with Crippen molar-refractivity contribution in [3.05, 3.63) is 63.2 Å². The Labute approximate surface area is 165 Å². The minimum Gasteiger partial charge on any atom is -0.439 e. The summed E-state index contributed by atoms with van der Waals surface area (Å²) in [5.41, 5.74) is 0.632. The molecule has 1 aliphatic heterocycles. The molecule has 2 aromatic rings. The van der Waals surface area contributed by atoms with Crippen LogP contribution in [-0.4, -0.2) is 32.0 Å². The molecule has 2 amide bonds. The molecule has 3 rings (SSSR count). The number of benzene rings is 1. The van der Waals surface area contributed by atoms with Crippen molar-refractivity contribution in [3.8, 4) is 11.6 Å². The highest BCUT2D eigenvalue weighted by Gasteiger charge is 2.37. The van der Waals surface area contributed by atoms with Gasteiger partial charge in [0.25, 0.3) is 16.8 Å². The number of amides is 2. The van der Waals surface area contributed by atoms with Crippen LogP contribution in [0.3, 0.4) is 0 Å². The smallest absolute Gasteiger partial charge is 0.293 e. The highest BCUT2D eigenvalue weighted by atomic mass is 32.2. The Morgan fingerprint density at radius 2 is 1.96 bits per heavy atom. The summed E-state index contributed by atoms with van der Waals surface area (Å²) in [5.74, 6) is 0.444. The van der Waals surface area contributed by atoms with Crippen molar-refractivity contribution in [2.75, 3.05) is 0 Å². The molecule has 0 saturated carbocycles. The molecule has 1 atom stereocenters. The van der Waals surface area contributed by atoms with Crippen molar-refractivity contribution >= 4 is 34.7 Å². The lowest BCUT2D eigenvalue weighted by atomic mass is 10.2. The zero-order valence-electron chi connectivity index (χ0n) is 15.2. The number of imide groups is 1. The van der Waals surface area contributed by atoms with E-state index < -0.39 is 4.92 Å². The molecule has 1 aliphatic rings. The zero-order valence-corrected chi connectivity index (χ0v) is 16.0. The van der Waals surface area contributed by atoms with Gasteiger partial charge in [0.05, 0.1) is 9.83 Å². The molecule has 8 nitrogen and oxygen atoms in total. The molecule has 0 N–H and O–H groups in total. The molecule has 1 aromatic carbocycles. The van der Waals surface area contributed by atoms with Crippen LogP contribution in [0.15, 0.2) is 47.5 Å². The average molecular weight is 399 g/mol. The van der Waals surface area contributed by atoms with E-state index >= 15 is 0 Å². The summed E-state index contributed by atoms with van der Waals surface area (Å²) in [6.45, 7) is 3.77. The SMILES string of the molecule is CC[C@H](C)N1C(=O)SC(=Cc2ccc(Oc3ccc([N+](=O)[O-])cn3)cc2)C1=O. The molecular formula is C19H17N3O5S. The van der Waals surface area contributed by atoms with Gasteiger partial charge in [-0.1, -0.05) is 19.1 Å². The van der Waals surface area contributed by atoms with Crippen molar-refractivity contribution in [1.29, 1.82) is 0 Å². The van der Waals surface area contributed by atoms with Crippen LogP contribution in [-0.2, 0) is 4.79 Å². The van der Waals surface area contributed by atoms with E-state index in [0.717, 1.165) is 23.5 Å². The molecule has 1 fully saturated rings. The topological polar surface area (TPSA) is 103 Å². The highest BCUT2D eigenvalue weighted by Crippen LogP contribution is 2.34. The first-order chi connectivity index (χ1) is 13.4. The molecule has 1 saturated heterocycles. The Morgan fingerprint density at radius 3 is 2.54 bits per heavy atom. The van der Waals surface area contributed by atoms with Gasteiger partial charge >= 0.3 is 0 Å². The number of hydrogen-bond acceptors (Lipinski definition) is 7. The van der Waals surface area contributed by atoms with Crippen LogP contribution < -0.4 is 4.74 Å². The number of aromatic nitrogens is 1. The van der Waals surface area contributed by atoms with Crippen LogP contribution in [0.5, 0.6) is 11.6 Å². The van der Waals surface area contributed by atoms with E-state index in [2.05, 4.69) is 4.98 Å². The van der Waals surface area contributed by atoms with Gasteiger partial charge in [-0.2, -0.15) is 0 Å². The van der Waals surface area contributed by atoms with E-state index in [4.69, 9.17) is 4.74 Å². The summed E-state index contributed by atoms with van der Waals surface area (Å²) in [4.78, 5) is 40.2. The first-order valence-corrected chi connectivity index (χ1v) is 9.36. The second-order valence-electron chi connectivity index (χ2n) is 6.09. The molecular weight excluding hydrogens is 382 g/mol. The minimum absolute atomic E-state index is 0.117. The summed E-state index contributed by atoms with van der Waals surface area (Å²) in [6, 6.07) is 9.46. The predicted octanol–water partition coefficient (Wildman–Crippen LogP) is 4.62. The summed E-state index contributed by atoms with van der Waals surface area (Å²) < 4.78 is 5.55. The maximum atomic E-state index is 12.4. The summed E-state index contributed by atoms with van der Waals surface area (Å²) in [5, 5.41) is 10.4. The fraction of sp³-hybridized carbons (Fsp3) is 0.211. The van der Waals surface area contributed by atoms with E-state index in [1.54, 1.807) is 30.3 Å². The second kappa shape index (κ2) is 8.22. The van der Waals surface area contributed by atoms with Gasteiger partial charge in [0.1, 0.15) is 11.9 Å². The standard InChI is InChI=1S/C19H17N3O5S/c1-3-12(2)21-18(23)16(28-19(21)24)10-13-4-7-15(8-5-13)27-17-9-6-14(11-20-17)22(25)26/h4-12H,3H2,1-2H3/t12-/m0/s1. The predicted molar refractivity (Wildman–Crippen MR) is 105 cm³/mol. The third-order valence-corrected chi connectivity index (χ3v) is 5.07. The van der Waals surface area contributed by atoms with E-state index in [-0.39, 0.29) is 28.8 Å². The lowest BCUT2D eigenvalue weighted by molar-refractivity contribution is -0.385. The van der Waals surface area contributed by atoms with E-state index in [1.807, 2.05) is 13.8 Å². The molecule has 144 valence electrons. The second-order valence-corrected chi connectivity index (χ2v) is 7.09.